The van der Waals surface area contributed by atoms with Crippen LogP contribution in [-0.4, -0.2) is 60.7 Å². The van der Waals surface area contributed by atoms with E-state index in [9.17, 15) is 4.79 Å². The van der Waals surface area contributed by atoms with E-state index in [2.05, 4.69) is 34.6 Å². The Morgan fingerprint density at radius 2 is 1.40 bits per heavy atom. The number of benzene rings is 2. The fourth-order valence-electron chi connectivity index (χ4n) is 8.46. The Balaban J connectivity index is 1.09. The van der Waals surface area contributed by atoms with Crippen molar-refractivity contribution in [1.29, 1.82) is 0 Å². The summed E-state index contributed by atoms with van der Waals surface area (Å²) in [6.07, 6.45) is 6.60. The molecule has 4 aromatic rings. The number of hydrogen-bond acceptors (Lipinski definition) is 7. The Morgan fingerprint density at radius 1 is 0.820 bits per heavy atom. The minimum Gasteiger partial charge on any atom is -0.481 e. The molecule has 8 nitrogen and oxygen atoms in total. The lowest BCUT2D eigenvalue weighted by molar-refractivity contribution is -0.119. The van der Waals surface area contributed by atoms with E-state index in [4.69, 9.17) is 42.6 Å². The lowest BCUT2D eigenvalue weighted by Gasteiger charge is -2.43. The first-order valence-electron chi connectivity index (χ1n) is 17.9. The van der Waals surface area contributed by atoms with Crippen molar-refractivity contribution < 1.29 is 14.3 Å². The molecule has 50 heavy (non-hydrogen) atoms. The molecule has 0 radical (unpaired) electrons. The zero-order chi connectivity index (χ0) is 34.5. The summed E-state index contributed by atoms with van der Waals surface area (Å²) < 4.78 is 11.8. The summed E-state index contributed by atoms with van der Waals surface area (Å²) in [5, 5.41) is 7.86. The molecule has 260 valence electrons. The van der Waals surface area contributed by atoms with Crippen LogP contribution in [0.5, 0.6) is 11.8 Å². The van der Waals surface area contributed by atoms with E-state index in [1.54, 1.807) is 14.2 Å². The first-order chi connectivity index (χ1) is 24.4. The summed E-state index contributed by atoms with van der Waals surface area (Å²) in [5.41, 5.74) is 9.68. The third-order valence-corrected chi connectivity index (χ3v) is 12.0. The maximum Gasteiger partial charge on any atom is 0.220 e. The Bertz CT molecular complexity index is 1960. The van der Waals surface area contributed by atoms with Crippen LogP contribution in [0.2, 0.25) is 10.0 Å². The smallest absolute Gasteiger partial charge is 0.220 e. The number of rotatable bonds is 10. The van der Waals surface area contributed by atoms with Gasteiger partial charge in [-0.2, -0.15) is 0 Å². The van der Waals surface area contributed by atoms with Crippen LogP contribution >= 0.6 is 23.2 Å². The molecule has 0 bridgehead atoms. The summed E-state index contributed by atoms with van der Waals surface area (Å²) in [6.45, 7) is 5.29. The summed E-state index contributed by atoms with van der Waals surface area (Å²) in [7, 11) is 3.38. The molecule has 0 unspecified atom stereocenters. The number of amides is 1. The highest BCUT2D eigenvalue weighted by Crippen LogP contribution is 2.48. The Labute approximate surface area is 303 Å². The number of methoxy groups -OCH3 is 2. The molecule has 2 aromatic carbocycles. The summed E-state index contributed by atoms with van der Waals surface area (Å²) >= 11 is 14.5. The van der Waals surface area contributed by atoms with Gasteiger partial charge in [0, 0.05) is 77.6 Å². The topological polar surface area (TPSA) is 88.6 Å². The van der Waals surface area contributed by atoms with Gasteiger partial charge in [0.05, 0.1) is 35.7 Å². The number of hydrogen-bond donors (Lipinski definition) is 2. The predicted molar refractivity (Wildman–Crippen MR) is 198 cm³/mol. The van der Waals surface area contributed by atoms with Gasteiger partial charge in [-0.3, -0.25) is 9.69 Å². The van der Waals surface area contributed by atoms with Gasteiger partial charge in [0.25, 0.3) is 0 Å². The van der Waals surface area contributed by atoms with Gasteiger partial charge in [-0.25, -0.2) is 9.97 Å². The third kappa shape index (κ3) is 5.94. The van der Waals surface area contributed by atoms with Gasteiger partial charge < -0.3 is 20.1 Å². The molecule has 2 saturated heterocycles. The molecule has 2 aliphatic carbocycles. The van der Waals surface area contributed by atoms with Crippen LogP contribution in [-0.2, 0) is 17.6 Å². The molecular formula is C40H43Cl2N5O3. The molecule has 8 rings (SSSR count). The average molecular weight is 713 g/mol. The summed E-state index contributed by atoms with van der Waals surface area (Å²) in [4.78, 5) is 24.3. The third-order valence-electron chi connectivity index (χ3n) is 11.2. The summed E-state index contributed by atoms with van der Waals surface area (Å²) in [5.74, 6) is 2.21. The first kappa shape index (κ1) is 33.5. The van der Waals surface area contributed by atoms with Crippen molar-refractivity contribution >= 4 is 29.1 Å². The van der Waals surface area contributed by atoms with Gasteiger partial charge in [-0.1, -0.05) is 72.9 Å². The van der Waals surface area contributed by atoms with Crippen molar-refractivity contribution in [1.82, 2.24) is 25.5 Å². The lowest BCUT2D eigenvalue weighted by atomic mass is 9.93. The number of aryl methyl sites for hydroxylation is 2. The largest absolute Gasteiger partial charge is 0.481 e. The van der Waals surface area contributed by atoms with Crippen molar-refractivity contribution in [3.8, 4) is 45.4 Å². The van der Waals surface area contributed by atoms with Gasteiger partial charge in [-0.05, 0) is 61.3 Å². The van der Waals surface area contributed by atoms with Crippen molar-refractivity contribution in [3.63, 3.8) is 0 Å². The molecule has 2 aromatic heterocycles. The van der Waals surface area contributed by atoms with Gasteiger partial charge >= 0.3 is 0 Å². The van der Waals surface area contributed by atoms with Crippen LogP contribution in [0.25, 0.3) is 33.6 Å². The monoisotopic (exact) mass is 711 g/mol. The Morgan fingerprint density at radius 3 is 1.98 bits per heavy atom. The highest BCUT2D eigenvalue weighted by atomic mass is 35.5. The van der Waals surface area contributed by atoms with Crippen LogP contribution in [0, 0.1) is 5.92 Å². The van der Waals surface area contributed by atoms with E-state index in [1.807, 2.05) is 36.4 Å². The van der Waals surface area contributed by atoms with Gasteiger partial charge in [-0.15, -0.1) is 0 Å². The van der Waals surface area contributed by atoms with Crippen molar-refractivity contribution in [2.24, 2.45) is 5.92 Å². The van der Waals surface area contributed by atoms with E-state index in [-0.39, 0.29) is 18.0 Å². The fraction of sp³-hybridized carbons (Fsp3) is 0.425. The molecule has 1 amide bonds. The maximum atomic E-state index is 11.7. The second-order valence-corrected chi connectivity index (χ2v) is 14.9. The number of nitrogens with one attached hydrogen (secondary N) is 2. The van der Waals surface area contributed by atoms with Gasteiger partial charge in [0.2, 0.25) is 17.7 Å². The van der Waals surface area contributed by atoms with Crippen LogP contribution in [0.1, 0.15) is 73.4 Å². The zero-order valence-corrected chi connectivity index (χ0v) is 30.3. The molecule has 10 heteroatoms. The van der Waals surface area contributed by atoms with E-state index in [0.29, 0.717) is 34.3 Å². The molecule has 4 heterocycles. The minimum atomic E-state index is 0.115. The molecule has 2 N–H and O–H groups in total. The number of pyridine rings is 2. The second-order valence-electron chi connectivity index (χ2n) is 14.1. The fourth-order valence-corrected chi connectivity index (χ4v) is 9.11. The van der Waals surface area contributed by atoms with Crippen molar-refractivity contribution in [3.05, 3.63) is 80.8 Å². The molecule has 2 aliphatic heterocycles. The van der Waals surface area contributed by atoms with Crippen molar-refractivity contribution in [2.45, 2.75) is 70.0 Å². The highest BCUT2D eigenvalue weighted by Gasteiger charge is 2.38. The zero-order valence-electron chi connectivity index (χ0n) is 28.8. The second kappa shape index (κ2) is 13.8. The van der Waals surface area contributed by atoms with Gasteiger partial charge in [0.1, 0.15) is 0 Å². The van der Waals surface area contributed by atoms with Crippen molar-refractivity contribution in [2.75, 3.05) is 33.9 Å². The highest BCUT2D eigenvalue weighted by molar-refractivity contribution is 6.39. The quantitative estimate of drug-likeness (QED) is 0.172. The van der Waals surface area contributed by atoms with Crippen LogP contribution < -0.4 is 20.1 Å². The van der Waals surface area contributed by atoms with E-state index in [1.165, 1.54) is 23.1 Å². The number of carbonyl (C=O) groups excluding carboxylic acids is 1. The normalized spacial score (nSPS) is 21.5. The number of likely N-dealkylation sites (tertiary alicyclic amines) is 1. The number of halogens is 2. The number of ether oxygens (including phenoxy) is 2. The predicted octanol–water partition coefficient (Wildman–Crippen LogP) is 7.99. The molecule has 0 spiro atoms. The molecule has 0 saturated carbocycles. The number of carbonyl (C=O) groups is 1. The molecule has 4 aliphatic rings. The summed E-state index contributed by atoms with van der Waals surface area (Å²) in [6, 6.07) is 17.0. The van der Waals surface area contributed by atoms with Gasteiger partial charge in [0.15, 0.2) is 0 Å². The van der Waals surface area contributed by atoms with E-state index < -0.39 is 0 Å². The Hall–Kier alpha value is -3.69. The van der Waals surface area contributed by atoms with Crippen LogP contribution in [0.4, 0.5) is 0 Å². The number of aromatic nitrogens is 2. The molecular weight excluding hydrogens is 669 g/mol. The maximum absolute atomic E-state index is 11.7. The lowest BCUT2D eigenvalue weighted by Crippen LogP contribution is -2.47. The van der Waals surface area contributed by atoms with E-state index >= 15 is 0 Å². The molecule has 2 fully saturated rings. The standard InChI is InChI=1S/C40H43Cl2N5O3/c1-4-22-20-47(21-22)33-15-12-24-18-32(46-40(50-3)36(24)33)29-10-6-8-27(38(29)42)26-7-5-9-28(37(26)41)31-17-23-11-14-30(35(23)39(45-31)49-2)43-19-25-13-16-34(48)44-25/h5-10,17-18,22,25,30,33,43H,4,11-16,19-21H2,1-3H3,(H,44,48)/t25-,30+,33-/m0/s1. The number of fused-ring (bicyclic) bond motifs is 2. The number of nitrogens with zero attached hydrogens (tertiary/aromatic N) is 3. The minimum absolute atomic E-state index is 0.115. The molecule has 3 atom stereocenters. The van der Waals surface area contributed by atoms with Crippen LogP contribution in [0.3, 0.4) is 0 Å². The van der Waals surface area contributed by atoms with E-state index in [0.717, 1.165) is 96.9 Å². The first-order valence-corrected chi connectivity index (χ1v) is 18.6. The van der Waals surface area contributed by atoms with Crippen LogP contribution in [0.15, 0.2) is 48.5 Å². The Kier molecular flexibility index (Phi) is 9.23. The SMILES string of the molecule is CCC1CN([C@H]2CCc3cc(-c4cccc(-c5cccc(-c6cc7c(c(OC)n6)[C@H](NC[C@@H]6CCC(=O)N6)CC7)c5Cl)c4Cl)nc(OC)c32)C1. The average Bonchev–Trinajstić information content (AvgIpc) is 3.85.